The van der Waals surface area contributed by atoms with Crippen molar-refractivity contribution < 1.29 is 4.84 Å². The van der Waals surface area contributed by atoms with Crippen LogP contribution in [0.3, 0.4) is 0 Å². The van der Waals surface area contributed by atoms with Gasteiger partial charge in [-0.1, -0.05) is 26.8 Å². The number of hydrogen-bond donors (Lipinski definition) is 0. The van der Waals surface area contributed by atoms with Crippen molar-refractivity contribution in [2.75, 3.05) is 6.54 Å². The molecule has 2 fully saturated rings. The van der Waals surface area contributed by atoms with E-state index in [-0.39, 0.29) is 11.6 Å². The normalized spacial score (nSPS) is 38.9. The predicted octanol–water partition coefficient (Wildman–Crippen LogP) is 3.39. The molecule has 0 aromatic carbocycles. The average Bonchev–Trinajstić information content (AvgIpc) is 2.58. The van der Waals surface area contributed by atoms with Gasteiger partial charge in [-0.05, 0) is 37.5 Å². The highest BCUT2D eigenvalue weighted by molar-refractivity contribution is 5.11. The van der Waals surface area contributed by atoms with E-state index in [0.29, 0.717) is 5.41 Å². The highest BCUT2D eigenvalue weighted by Gasteiger charge is 2.61. The average molecular weight is 223 g/mol. The fraction of sp³-hybridized carbons (Fsp3) is 0.857. The van der Waals surface area contributed by atoms with Gasteiger partial charge in [0.1, 0.15) is 0 Å². The minimum Gasteiger partial charge on any atom is -0.291 e. The molecule has 1 heterocycles. The standard InChI is InChI=1S/C14H25NO/c1-6-12(7-2)16-15-10-11-8-9-14(15,5)13(11,3)4/h6,11-12H,1,7-10H2,2-5H3. The lowest BCUT2D eigenvalue weighted by atomic mass is 9.75. The van der Waals surface area contributed by atoms with Gasteiger partial charge in [-0.25, -0.2) is 0 Å². The maximum Gasteiger partial charge on any atom is 0.0969 e. The van der Waals surface area contributed by atoms with E-state index in [1.54, 1.807) is 0 Å². The van der Waals surface area contributed by atoms with Crippen LogP contribution in [-0.2, 0) is 4.84 Å². The van der Waals surface area contributed by atoms with Gasteiger partial charge in [-0.2, -0.15) is 5.06 Å². The van der Waals surface area contributed by atoms with Crippen molar-refractivity contribution in [1.82, 2.24) is 5.06 Å². The molecule has 3 atom stereocenters. The van der Waals surface area contributed by atoms with Crippen molar-refractivity contribution in [3.63, 3.8) is 0 Å². The molecule has 16 heavy (non-hydrogen) atoms. The summed E-state index contributed by atoms with van der Waals surface area (Å²) in [6.45, 7) is 14.2. The van der Waals surface area contributed by atoms with Crippen molar-refractivity contribution in [1.29, 1.82) is 0 Å². The van der Waals surface area contributed by atoms with Crippen LogP contribution in [-0.4, -0.2) is 23.3 Å². The predicted molar refractivity (Wildman–Crippen MR) is 67.0 cm³/mol. The van der Waals surface area contributed by atoms with E-state index in [2.05, 4.69) is 39.3 Å². The summed E-state index contributed by atoms with van der Waals surface area (Å²) in [4.78, 5) is 6.10. The van der Waals surface area contributed by atoms with Crippen LogP contribution in [0.15, 0.2) is 12.7 Å². The molecule has 2 nitrogen and oxygen atoms in total. The van der Waals surface area contributed by atoms with Crippen molar-refractivity contribution in [3.8, 4) is 0 Å². The van der Waals surface area contributed by atoms with Crippen LogP contribution in [0.1, 0.15) is 47.0 Å². The molecule has 1 saturated carbocycles. The molecule has 2 aliphatic rings. The number of nitrogens with zero attached hydrogens (tertiary/aromatic N) is 1. The summed E-state index contributed by atoms with van der Waals surface area (Å²) in [6, 6.07) is 0. The molecule has 1 saturated heterocycles. The number of fused-ring (bicyclic) bond motifs is 2. The van der Waals surface area contributed by atoms with Crippen LogP contribution in [0.4, 0.5) is 0 Å². The molecule has 2 rings (SSSR count). The first-order valence-corrected chi connectivity index (χ1v) is 6.52. The number of hydroxylamine groups is 2. The molecular weight excluding hydrogens is 198 g/mol. The van der Waals surface area contributed by atoms with E-state index in [9.17, 15) is 0 Å². The SMILES string of the molecule is C=CC(CC)ON1CC2CCC1(C)C2(C)C. The smallest absolute Gasteiger partial charge is 0.0969 e. The molecule has 0 N–H and O–H groups in total. The van der Waals surface area contributed by atoms with Gasteiger partial charge in [-0.3, -0.25) is 4.84 Å². The lowest BCUT2D eigenvalue weighted by Gasteiger charge is -2.41. The van der Waals surface area contributed by atoms with E-state index in [1.807, 2.05) is 6.08 Å². The van der Waals surface area contributed by atoms with E-state index in [0.717, 1.165) is 18.9 Å². The Kier molecular flexibility index (Phi) is 2.92. The Labute approximate surface area is 99.6 Å². The van der Waals surface area contributed by atoms with Crippen molar-refractivity contribution in [3.05, 3.63) is 12.7 Å². The van der Waals surface area contributed by atoms with Crippen LogP contribution >= 0.6 is 0 Å². The number of piperidine rings is 1. The van der Waals surface area contributed by atoms with Gasteiger partial charge in [0.15, 0.2) is 0 Å². The third kappa shape index (κ3) is 1.46. The quantitative estimate of drug-likeness (QED) is 0.677. The molecule has 0 spiro atoms. The summed E-state index contributed by atoms with van der Waals surface area (Å²) in [5, 5.41) is 2.25. The maximum atomic E-state index is 6.10. The first-order valence-electron chi connectivity index (χ1n) is 6.52. The minimum atomic E-state index is 0.173. The molecule has 0 amide bonds. The molecule has 0 radical (unpaired) electrons. The largest absolute Gasteiger partial charge is 0.291 e. The minimum absolute atomic E-state index is 0.173. The van der Waals surface area contributed by atoms with Crippen molar-refractivity contribution in [2.45, 2.75) is 58.6 Å². The van der Waals surface area contributed by atoms with Crippen LogP contribution < -0.4 is 0 Å². The Balaban J connectivity index is 2.12. The number of rotatable bonds is 4. The molecule has 0 aromatic rings. The second kappa shape index (κ2) is 3.85. The summed E-state index contributed by atoms with van der Waals surface area (Å²) in [6.07, 6.45) is 5.71. The summed E-state index contributed by atoms with van der Waals surface area (Å²) in [7, 11) is 0. The lowest BCUT2D eigenvalue weighted by molar-refractivity contribution is -0.237. The maximum absolute atomic E-state index is 6.10. The molecule has 2 bridgehead atoms. The molecule has 2 heteroatoms. The molecule has 3 unspecified atom stereocenters. The highest BCUT2D eigenvalue weighted by Crippen LogP contribution is 2.58. The Morgan fingerprint density at radius 2 is 2.19 bits per heavy atom. The van der Waals surface area contributed by atoms with Crippen LogP contribution in [0.5, 0.6) is 0 Å². The summed E-state index contributed by atoms with van der Waals surface area (Å²) < 4.78 is 0. The molecular formula is C14H25NO. The van der Waals surface area contributed by atoms with Gasteiger partial charge >= 0.3 is 0 Å². The van der Waals surface area contributed by atoms with Gasteiger partial charge in [0.05, 0.1) is 6.10 Å². The van der Waals surface area contributed by atoms with Crippen molar-refractivity contribution in [2.24, 2.45) is 11.3 Å². The van der Waals surface area contributed by atoms with Gasteiger partial charge < -0.3 is 0 Å². The van der Waals surface area contributed by atoms with Crippen LogP contribution in [0, 0.1) is 11.3 Å². The summed E-state index contributed by atoms with van der Waals surface area (Å²) in [5.41, 5.74) is 0.598. The Morgan fingerprint density at radius 1 is 1.50 bits per heavy atom. The van der Waals surface area contributed by atoms with E-state index in [4.69, 9.17) is 4.84 Å². The Morgan fingerprint density at radius 3 is 2.56 bits per heavy atom. The van der Waals surface area contributed by atoms with Crippen LogP contribution in [0.25, 0.3) is 0 Å². The summed E-state index contributed by atoms with van der Waals surface area (Å²) >= 11 is 0. The monoisotopic (exact) mass is 223 g/mol. The summed E-state index contributed by atoms with van der Waals surface area (Å²) in [5.74, 6) is 0.792. The third-order valence-corrected chi connectivity index (χ3v) is 5.25. The lowest BCUT2D eigenvalue weighted by Crippen LogP contribution is -2.48. The van der Waals surface area contributed by atoms with Crippen LogP contribution in [0.2, 0.25) is 0 Å². The van der Waals surface area contributed by atoms with Gasteiger partial charge in [0, 0.05) is 12.1 Å². The second-order valence-corrected chi connectivity index (χ2v) is 6.08. The zero-order valence-corrected chi connectivity index (χ0v) is 11.1. The van der Waals surface area contributed by atoms with Gasteiger partial charge in [0.2, 0.25) is 0 Å². The van der Waals surface area contributed by atoms with Gasteiger partial charge in [-0.15, -0.1) is 6.58 Å². The number of hydrogen-bond acceptors (Lipinski definition) is 2. The third-order valence-electron chi connectivity index (χ3n) is 5.25. The fourth-order valence-corrected chi connectivity index (χ4v) is 3.35. The van der Waals surface area contributed by atoms with Crippen molar-refractivity contribution >= 4 is 0 Å². The zero-order chi connectivity index (χ0) is 12.0. The van der Waals surface area contributed by atoms with Gasteiger partial charge in [0.25, 0.3) is 0 Å². The first-order chi connectivity index (χ1) is 7.45. The first kappa shape index (κ1) is 12.1. The van der Waals surface area contributed by atoms with E-state index < -0.39 is 0 Å². The topological polar surface area (TPSA) is 12.5 Å². The van der Waals surface area contributed by atoms with E-state index >= 15 is 0 Å². The fourth-order valence-electron chi connectivity index (χ4n) is 3.35. The molecule has 92 valence electrons. The molecule has 0 aromatic heterocycles. The Hall–Kier alpha value is -0.340. The van der Waals surface area contributed by atoms with E-state index in [1.165, 1.54) is 12.8 Å². The highest BCUT2D eigenvalue weighted by atomic mass is 16.7. The second-order valence-electron chi connectivity index (χ2n) is 6.08. The zero-order valence-electron chi connectivity index (χ0n) is 11.1. The Bertz CT molecular complexity index is 286. The molecule has 1 aliphatic heterocycles. The molecule has 1 aliphatic carbocycles.